The van der Waals surface area contributed by atoms with Crippen LogP contribution in [0.15, 0.2) is 17.3 Å². The van der Waals surface area contributed by atoms with Crippen LogP contribution in [0.3, 0.4) is 0 Å². The van der Waals surface area contributed by atoms with E-state index in [1.54, 1.807) is 0 Å². The fourth-order valence-electron chi connectivity index (χ4n) is 2.13. The average Bonchev–Trinajstić information content (AvgIpc) is 2.70. The number of nitrogens with two attached hydrogens (primary N) is 1. The third-order valence-electron chi connectivity index (χ3n) is 3.36. The van der Waals surface area contributed by atoms with E-state index in [9.17, 15) is 15.0 Å². The van der Waals surface area contributed by atoms with Crippen molar-refractivity contribution in [1.29, 1.82) is 0 Å². The van der Waals surface area contributed by atoms with Crippen LogP contribution in [0.1, 0.15) is 0 Å². The maximum Gasteiger partial charge on any atom is 0.451 e. The molecule has 6 N–H and O–H groups in total. The molecule has 1 saturated heterocycles. The minimum Gasteiger partial charge on any atom is -0.394 e. The number of aliphatic imine (C=N–C) groups is 1. The number of amidine groups is 1. The minimum atomic E-state index is -1.31. The zero-order chi connectivity index (χ0) is 14.2. The number of hydrogen-bond acceptors (Lipinski definition) is 7. The summed E-state index contributed by atoms with van der Waals surface area (Å²) in [4.78, 5) is 15.7. The fourth-order valence-corrected chi connectivity index (χ4v) is 2.13. The number of nitrogens with zero attached hydrogens (tertiary/aromatic N) is 2. The molecule has 0 aromatic carbocycles. The number of aliphatic hydroxyl groups excluding tert-OH is 3. The molecule has 0 aromatic heterocycles. The van der Waals surface area contributed by atoms with Crippen molar-refractivity contribution in [2.24, 2.45) is 10.8 Å². The molecule has 2 aliphatic heterocycles. The lowest BCUT2D eigenvalue weighted by Gasteiger charge is -2.33. The van der Waals surface area contributed by atoms with Gasteiger partial charge in [0.25, 0.3) is 0 Å². The second kappa shape index (κ2) is 4.96. The van der Waals surface area contributed by atoms with Gasteiger partial charge < -0.3 is 25.5 Å². The maximum absolute atomic E-state index is 12.0. The lowest BCUT2D eigenvalue weighted by molar-refractivity contribution is -0.835. The molecule has 0 saturated carbocycles. The van der Waals surface area contributed by atoms with Gasteiger partial charge in [-0.25, -0.2) is 10.6 Å². The number of quaternary nitrogens is 1. The van der Waals surface area contributed by atoms with Crippen molar-refractivity contribution in [2.75, 3.05) is 13.7 Å². The standard InChI is InChI=1S/C10H16N4O5/c1-14(3-2-6(13-11)12-10(14)18)9-8(17)7(16)5(4-15)19-9/h2-3,5,7-9,15-17H,4,11H2,1H3/p+1/t5-,7-,8-,9-,14?/m1/s1. The Morgan fingerprint density at radius 2 is 2.21 bits per heavy atom. The lowest BCUT2D eigenvalue weighted by atomic mass is 10.1. The van der Waals surface area contributed by atoms with Crippen molar-refractivity contribution < 1.29 is 29.3 Å². The van der Waals surface area contributed by atoms with Gasteiger partial charge in [0, 0.05) is 6.08 Å². The summed E-state index contributed by atoms with van der Waals surface area (Å²) in [6.07, 6.45) is -1.63. The second-order valence-corrected chi connectivity index (χ2v) is 4.62. The number of hydrogen-bond donors (Lipinski definition) is 5. The van der Waals surface area contributed by atoms with Gasteiger partial charge in [0.05, 0.1) is 13.7 Å². The molecule has 0 spiro atoms. The van der Waals surface area contributed by atoms with Gasteiger partial charge >= 0.3 is 6.03 Å². The third kappa shape index (κ3) is 2.16. The molecule has 0 radical (unpaired) electrons. The highest BCUT2D eigenvalue weighted by Gasteiger charge is 2.55. The summed E-state index contributed by atoms with van der Waals surface area (Å²) < 4.78 is 4.87. The van der Waals surface area contributed by atoms with Crippen molar-refractivity contribution in [3.63, 3.8) is 0 Å². The van der Waals surface area contributed by atoms with Crippen LogP contribution in [0.4, 0.5) is 4.79 Å². The van der Waals surface area contributed by atoms with E-state index in [-0.39, 0.29) is 5.84 Å². The van der Waals surface area contributed by atoms with Crippen LogP contribution in [0.25, 0.3) is 0 Å². The van der Waals surface area contributed by atoms with E-state index in [4.69, 9.17) is 15.7 Å². The summed E-state index contributed by atoms with van der Waals surface area (Å²) >= 11 is 0. The Morgan fingerprint density at radius 3 is 2.68 bits per heavy atom. The first-order valence-corrected chi connectivity index (χ1v) is 5.71. The Balaban J connectivity index is 2.25. The number of nitrogens with one attached hydrogen (secondary N) is 1. The largest absolute Gasteiger partial charge is 0.451 e. The van der Waals surface area contributed by atoms with Gasteiger partial charge in [0.15, 0.2) is 11.9 Å². The SMILES string of the molecule is C[N+]1([C@@H]2O[C@H](CO)[C@@H](O)[C@H]2O)C=CC(NN)=NC1=O. The quantitative estimate of drug-likeness (QED) is 0.211. The van der Waals surface area contributed by atoms with Crippen LogP contribution in [-0.4, -0.2) is 69.9 Å². The molecule has 106 valence electrons. The summed E-state index contributed by atoms with van der Waals surface area (Å²) in [5.74, 6) is 5.34. The van der Waals surface area contributed by atoms with Crippen LogP contribution in [0, 0.1) is 0 Å². The smallest absolute Gasteiger partial charge is 0.394 e. The maximum atomic E-state index is 12.0. The van der Waals surface area contributed by atoms with Crippen LogP contribution in [-0.2, 0) is 4.74 Å². The van der Waals surface area contributed by atoms with Crippen LogP contribution in [0.5, 0.6) is 0 Å². The predicted octanol–water partition coefficient (Wildman–Crippen LogP) is -2.62. The fraction of sp³-hybridized carbons (Fsp3) is 0.600. The highest BCUT2D eigenvalue weighted by Crippen LogP contribution is 2.30. The predicted molar refractivity (Wildman–Crippen MR) is 63.2 cm³/mol. The number of ether oxygens (including phenoxy) is 1. The van der Waals surface area contributed by atoms with Gasteiger partial charge in [-0.05, 0) is 0 Å². The van der Waals surface area contributed by atoms with Gasteiger partial charge in [-0.3, -0.25) is 0 Å². The number of rotatable bonds is 2. The van der Waals surface area contributed by atoms with Gasteiger partial charge in [-0.15, -0.1) is 4.99 Å². The van der Waals surface area contributed by atoms with Gasteiger partial charge in [0.1, 0.15) is 18.4 Å². The van der Waals surface area contributed by atoms with Crippen LogP contribution >= 0.6 is 0 Å². The molecular weight excluding hydrogens is 256 g/mol. The molecule has 1 unspecified atom stereocenters. The number of likely N-dealkylation sites (N-methyl/N-ethyl adjacent to an activating group) is 1. The summed E-state index contributed by atoms with van der Waals surface area (Å²) in [6.45, 7) is -0.453. The van der Waals surface area contributed by atoms with Crippen LogP contribution in [0.2, 0.25) is 0 Å². The first-order chi connectivity index (χ1) is 8.93. The summed E-state index contributed by atoms with van der Waals surface area (Å²) in [6, 6.07) is -0.606. The van der Waals surface area contributed by atoms with E-state index >= 15 is 0 Å². The molecule has 5 atom stereocenters. The molecule has 9 heteroatoms. The van der Waals surface area contributed by atoms with Crippen molar-refractivity contribution in [1.82, 2.24) is 5.43 Å². The van der Waals surface area contributed by atoms with E-state index in [0.717, 1.165) is 0 Å². The number of amides is 2. The molecule has 9 nitrogen and oxygen atoms in total. The van der Waals surface area contributed by atoms with Crippen molar-refractivity contribution in [3.05, 3.63) is 12.3 Å². The molecule has 2 heterocycles. The molecule has 0 aromatic rings. The number of carbonyl (C=O) groups is 1. The van der Waals surface area contributed by atoms with Gasteiger partial charge in [-0.2, -0.15) is 4.48 Å². The molecule has 2 rings (SSSR count). The van der Waals surface area contributed by atoms with Gasteiger partial charge in [0.2, 0.25) is 6.23 Å². The highest BCUT2D eigenvalue weighted by molar-refractivity contribution is 6.00. The molecule has 1 fully saturated rings. The Labute approximate surface area is 109 Å². The monoisotopic (exact) mass is 273 g/mol. The van der Waals surface area contributed by atoms with E-state index in [1.807, 2.05) is 0 Å². The highest BCUT2D eigenvalue weighted by atomic mass is 16.6. The Morgan fingerprint density at radius 1 is 1.53 bits per heavy atom. The number of aliphatic hydroxyl groups is 3. The molecular formula is C10H17N4O5+. The summed E-state index contributed by atoms with van der Waals surface area (Å²) in [7, 11) is 1.48. The topological polar surface area (TPSA) is 137 Å². The number of carbonyl (C=O) groups excluding carboxylic acids is 1. The van der Waals surface area contributed by atoms with Crippen molar-refractivity contribution >= 4 is 11.9 Å². The first-order valence-electron chi connectivity index (χ1n) is 5.71. The zero-order valence-electron chi connectivity index (χ0n) is 10.3. The second-order valence-electron chi connectivity index (χ2n) is 4.62. The number of urea groups is 1. The van der Waals surface area contributed by atoms with Crippen molar-refractivity contribution in [3.8, 4) is 0 Å². The average molecular weight is 273 g/mol. The zero-order valence-corrected chi connectivity index (χ0v) is 10.3. The van der Waals surface area contributed by atoms with E-state index < -0.39 is 41.7 Å². The summed E-state index contributed by atoms with van der Waals surface area (Å²) in [5, 5.41) is 28.7. The first kappa shape index (κ1) is 14.1. The third-order valence-corrected chi connectivity index (χ3v) is 3.36. The van der Waals surface area contributed by atoms with Crippen LogP contribution < -0.4 is 11.3 Å². The molecule has 2 amide bonds. The molecule has 0 bridgehead atoms. The molecule has 2 aliphatic rings. The summed E-state index contributed by atoms with van der Waals surface area (Å²) in [5.41, 5.74) is 2.24. The Kier molecular flexibility index (Phi) is 3.67. The molecule has 19 heavy (non-hydrogen) atoms. The van der Waals surface area contributed by atoms with Gasteiger partial charge in [-0.1, -0.05) is 0 Å². The van der Waals surface area contributed by atoms with E-state index in [0.29, 0.717) is 0 Å². The van der Waals surface area contributed by atoms with E-state index in [1.165, 1.54) is 19.3 Å². The molecule has 0 aliphatic carbocycles. The lowest BCUT2D eigenvalue weighted by Crippen LogP contribution is -2.58. The van der Waals surface area contributed by atoms with Crippen molar-refractivity contribution in [2.45, 2.75) is 24.5 Å². The van der Waals surface area contributed by atoms with E-state index in [2.05, 4.69) is 10.4 Å². The Bertz CT molecular complexity index is 440. The normalized spacial score (nSPS) is 42.4. The Hall–Kier alpha value is -1.36. The number of hydrazine groups is 1. The minimum absolute atomic E-state index is 0.187.